The van der Waals surface area contributed by atoms with E-state index in [1.807, 2.05) is 13.8 Å². The van der Waals surface area contributed by atoms with Crippen LogP contribution in [-0.2, 0) is 4.74 Å². The lowest BCUT2D eigenvalue weighted by Crippen LogP contribution is -2.25. The molecule has 0 saturated carbocycles. The van der Waals surface area contributed by atoms with Gasteiger partial charge in [-0.2, -0.15) is 4.98 Å². The molecule has 0 bridgehead atoms. The van der Waals surface area contributed by atoms with E-state index in [4.69, 9.17) is 16.3 Å². The van der Waals surface area contributed by atoms with Crippen molar-refractivity contribution >= 4 is 44.9 Å². The maximum absolute atomic E-state index is 12.3. The largest absolute Gasteiger partial charge is 0.462 e. The number of fused-ring (bicyclic) bond motifs is 1. The molecular formula is C17H24ClN3O2S. The fourth-order valence-corrected chi connectivity index (χ4v) is 3.82. The molecule has 0 aliphatic carbocycles. The summed E-state index contributed by atoms with van der Waals surface area (Å²) in [6.07, 6.45) is 2.98. The molecule has 0 aromatic carbocycles. The highest BCUT2D eigenvalue weighted by Gasteiger charge is 2.23. The van der Waals surface area contributed by atoms with E-state index in [-0.39, 0.29) is 11.3 Å². The van der Waals surface area contributed by atoms with Crippen LogP contribution in [0.25, 0.3) is 10.2 Å². The summed E-state index contributed by atoms with van der Waals surface area (Å²) in [5, 5.41) is 1.12. The maximum atomic E-state index is 12.3. The minimum atomic E-state index is -0.295. The number of halogens is 1. The van der Waals surface area contributed by atoms with Crippen LogP contribution in [0, 0.1) is 6.92 Å². The summed E-state index contributed by atoms with van der Waals surface area (Å²) < 4.78 is 5.29. The fraction of sp³-hybridized carbons (Fsp3) is 0.588. The lowest BCUT2D eigenvalue weighted by atomic mass is 10.2. The fourth-order valence-electron chi connectivity index (χ4n) is 2.54. The molecule has 2 aromatic rings. The van der Waals surface area contributed by atoms with Crippen molar-refractivity contribution in [1.82, 2.24) is 9.97 Å². The molecule has 2 heterocycles. The van der Waals surface area contributed by atoms with Gasteiger partial charge in [0.2, 0.25) is 5.28 Å². The summed E-state index contributed by atoms with van der Waals surface area (Å²) in [5.41, 5.74) is 0.873. The summed E-state index contributed by atoms with van der Waals surface area (Å²) in [5.74, 6) is 0.514. The molecule has 0 spiro atoms. The van der Waals surface area contributed by atoms with Gasteiger partial charge in [-0.05, 0) is 43.9 Å². The predicted octanol–water partition coefficient (Wildman–Crippen LogP) is 4.85. The van der Waals surface area contributed by atoms with E-state index in [0.29, 0.717) is 11.5 Å². The Hall–Kier alpha value is -1.40. The van der Waals surface area contributed by atoms with Crippen LogP contribution >= 0.6 is 22.9 Å². The zero-order chi connectivity index (χ0) is 17.7. The van der Waals surface area contributed by atoms with Crippen molar-refractivity contribution in [1.29, 1.82) is 0 Å². The van der Waals surface area contributed by atoms with Gasteiger partial charge in [0.1, 0.15) is 15.5 Å². The molecule has 0 atom stereocenters. The Morgan fingerprint density at radius 1 is 1.25 bits per heavy atom. The van der Waals surface area contributed by atoms with Crippen molar-refractivity contribution in [2.45, 2.75) is 47.0 Å². The number of thiophene rings is 1. The van der Waals surface area contributed by atoms with E-state index < -0.39 is 0 Å². The van der Waals surface area contributed by atoms with E-state index in [1.165, 1.54) is 11.3 Å². The maximum Gasteiger partial charge on any atom is 0.348 e. The van der Waals surface area contributed by atoms with Gasteiger partial charge in [-0.25, -0.2) is 9.78 Å². The number of hydrogen-bond donors (Lipinski definition) is 0. The highest BCUT2D eigenvalue weighted by Crippen LogP contribution is 2.36. The monoisotopic (exact) mass is 369 g/mol. The SMILES string of the molecule is CCCCN(CC)c1nc(Cl)nc2sc(C(=O)OCCC)c(C)c12. The number of hydrogen-bond acceptors (Lipinski definition) is 6. The summed E-state index contributed by atoms with van der Waals surface area (Å²) >= 11 is 7.45. The highest BCUT2D eigenvalue weighted by atomic mass is 35.5. The van der Waals surface area contributed by atoms with Gasteiger partial charge >= 0.3 is 5.97 Å². The van der Waals surface area contributed by atoms with E-state index in [0.717, 1.165) is 53.9 Å². The number of nitrogens with zero attached hydrogens (tertiary/aromatic N) is 3. The number of carbonyl (C=O) groups excluding carboxylic acids is 1. The minimum absolute atomic E-state index is 0.210. The Kier molecular flexibility index (Phi) is 6.80. The third-order valence-corrected chi connectivity index (χ3v) is 5.16. The van der Waals surface area contributed by atoms with Crippen LogP contribution in [0.15, 0.2) is 0 Å². The number of esters is 1. The summed E-state index contributed by atoms with van der Waals surface area (Å²) in [6.45, 7) is 10.3. The predicted molar refractivity (Wildman–Crippen MR) is 101 cm³/mol. The smallest absolute Gasteiger partial charge is 0.348 e. The number of aryl methyl sites for hydroxylation is 1. The standard InChI is InChI=1S/C17H24ClN3O2S/c1-5-8-9-21(7-3)14-12-11(4)13(16(22)23-10-6-2)24-15(12)20-17(18)19-14/h5-10H2,1-4H3. The van der Waals surface area contributed by atoms with Crippen LogP contribution in [0.1, 0.15) is 55.3 Å². The molecule has 7 heteroatoms. The lowest BCUT2D eigenvalue weighted by Gasteiger charge is -2.22. The van der Waals surface area contributed by atoms with Crippen LogP contribution in [0.3, 0.4) is 0 Å². The molecule has 0 saturated heterocycles. The molecule has 0 unspecified atom stereocenters. The zero-order valence-corrected chi connectivity index (χ0v) is 16.3. The summed E-state index contributed by atoms with van der Waals surface area (Å²) in [6, 6.07) is 0. The van der Waals surface area contributed by atoms with Crippen molar-refractivity contribution in [2.75, 3.05) is 24.6 Å². The van der Waals surface area contributed by atoms with E-state index in [9.17, 15) is 4.79 Å². The molecule has 0 aliphatic rings. The van der Waals surface area contributed by atoms with E-state index in [1.54, 1.807) is 0 Å². The van der Waals surface area contributed by atoms with E-state index >= 15 is 0 Å². The number of rotatable bonds is 8. The quantitative estimate of drug-likeness (QED) is 0.492. The molecule has 0 aliphatic heterocycles. The number of unbranched alkanes of at least 4 members (excludes halogenated alkanes) is 1. The number of anilines is 1. The Balaban J connectivity index is 2.51. The molecule has 0 amide bonds. The van der Waals surface area contributed by atoms with Crippen LogP contribution in [0.2, 0.25) is 5.28 Å². The Morgan fingerprint density at radius 2 is 2.00 bits per heavy atom. The van der Waals surface area contributed by atoms with E-state index in [2.05, 4.69) is 28.7 Å². The van der Waals surface area contributed by atoms with Crippen LogP contribution < -0.4 is 4.90 Å². The van der Waals surface area contributed by atoms with Crippen LogP contribution in [0.5, 0.6) is 0 Å². The van der Waals surface area contributed by atoms with Gasteiger partial charge in [-0.15, -0.1) is 11.3 Å². The molecule has 5 nitrogen and oxygen atoms in total. The van der Waals surface area contributed by atoms with Gasteiger partial charge in [0, 0.05) is 13.1 Å². The Morgan fingerprint density at radius 3 is 2.62 bits per heavy atom. The lowest BCUT2D eigenvalue weighted by molar-refractivity contribution is 0.0510. The average molecular weight is 370 g/mol. The Labute approximate surface area is 152 Å². The first kappa shape index (κ1) is 18.9. The molecule has 2 aromatic heterocycles. The average Bonchev–Trinajstić information content (AvgIpc) is 2.89. The first-order chi connectivity index (χ1) is 11.5. The van der Waals surface area contributed by atoms with Gasteiger partial charge in [-0.3, -0.25) is 0 Å². The second kappa shape index (κ2) is 8.62. The van der Waals surface area contributed by atoms with Gasteiger partial charge in [-0.1, -0.05) is 20.3 Å². The molecular weight excluding hydrogens is 346 g/mol. The van der Waals surface area contributed by atoms with Crippen molar-refractivity contribution < 1.29 is 9.53 Å². The van der Waals surface area contributed by atoms with Crippen LogP contribution in [0.4, 0.5) is 5.82 Å². The zero-order valence-electron chi connectivity index (χ0n) is 14.7. The van der Waals surface area contributed by atoms with Gasteiger partial charge in [0.15, 0.2) is 0 Å². The normalized spacial score (nSPS) is 11.0. The molecule has 0 fully saturated rings. The topological polar surface area (TPSA) is 55.3 Å². The summed E-state index contributed by atoms with van der Waals surface area (Å²) in [4.78, 5) is 24.6. The number of ether oxygens (including phenoxy) is 1. The van der Waals surface area contributed by atoms with Gasteiger partial charge < -0.3 is 9.64 Å². The van der Waals surface area contributed by atoms with Gasteiger partial charge in [0.25, 0.3) is 0 Å². The molecule has 0 N–H and O–H groups in total. The van der Waals surface area contributed by atoms with Crippen LogP contribution in [-0.4, -0.2) is 35.6 Å². The molecule has 0 radical (unpaired) electrons. The third kappa shape index (κ3) is 3.98. The van der Waals surface area contributed by atoms with Crippen molar-refractivity contribution in [3.8, 4) is 0 Å². The second-order valence-electron chi connectivity index (χ2n) is 5.62. The second-order valence-corrected chi connectivity index (χ2v) is 6.96. The van der Waals surface area contributed by atoms with Crippen molar-refractivity contribution in [3.63, 3.8) is 0 Å². The molecule has 132 valence electrons. The van der Waals surface area contributed by atoms with Gasteiger partial charge in [0.05, 0.1) is 12.0 Å². The minimum Gasteiger partial charge on any atom is -0.462 e. The first-order valence-electron chi connectivity index (χ1n) is 8.42. The summed E-state index contributed by atoms with van der Waals surface area (Å²) in [7, 11) is 0. The Bertz CT molecular complexity index is 717. The molecule has 2 rings (SSSR count). The van der Waals surface area contributed by atoms with Crippen molar-refractivity contribution in [3.05, 3.63) is 15.7 Å². The number of aromatic nitrogens is 2. The molecule has 24 heavy (non-hydrogen) atoms. The third-order valence-electron chi connectivity index (χ3n) is 3.83. The first-order valence-corrected chi connectivity index (χ1v) is 9.61. The number of carbonyl (C=O) groups is 1. The van der Waals surface area contributed by atoms with Crippen molar-refractivity contribution in [2.24, 2.45) is 0 Å². The highest BCUT2D eigenvalue weighted by molar-refractivity contribution is 7.20.